The second-order valence-corrected chi connectivity index (χ2v) is 3.52. The summed E-state index contributed by atoms with van der Waals surface area (Å²) in [5, 5.41) is 5.85. The molecular formula is C13H11N3. The van der Waals surface area contributed by atoms with Crippen LogP contribution in [0, 0.1) is 0 Å². The van der Waals surface area contributed by atoms with Crippen LogP contribution in [0.25, 0.3) is 26.8 Å². The number of fused-ring (bicyclic) bond motifs is 1. The SMILES string of the molecule is C=C(CN=[N+]=[N-])c1cccc2ccccc12. The van der Waals surface area contributed by atoms with E-state index in [4.69, 9.17) is 5.53 Å². The van der Waals surface area contributed by atoms with Crippen LogP contribution in [0.1, 0.15) is 5.56 Å². The van der Waals surface area contributed by atoms with E-state index < -0.39 is 0 Å². The van der Waals surface area contributed by atoms with Crippen molar-refractivity contribution in [3.63, 3.8) is 0 Å². The highest BCUT2D eigenvalue weighted by Gasteiger charge is 2.02. The molecule has 0 aromatic heterocycles. The van der Waals surface area contributed by atoms with E-state index in [1.54, 1.807) is 0 Å². The van der Waals surface area contributed by atoms with Gasteiger partial charge in [-0.05, 0) is 27.4 Å². The number of hydrogen-bond donors (Lipinski definition) is 0. The van der Waals surface area contributed by atoms with Crippen molar-refractivity contribution in [3.8, 4) is 0 Å². The molecule has 0 saturated heterocycles. The Hall–Kier alpha value is -2.25. The molecule has 0 saturated carbocycles. The fourth-order valence-corrected chi connectivity index (χ4v) is 1.74. The summed E-state index contributed by atoms with van der Waals surface area (Å²) < 4.78 is 0. The van der Waals surface area contributed by atoms with E-state index in [-0.39, 0.29) is 0 Å². The highest BCUT2D eigenvalue weighted by Crippen LogP contribution is 2.24. The highest BCUT2D eigenvalue weighted by atomic mass is 15.1. The Balaban J connectivity index is 2.51. The van der Waals surface area contributed by atoms with Crippen LogP contribution < -0.4 is 0 Å². The maximum absolute atomic E-state index is 8.29. The van der Waals surface area contributed by atoms with Crippen molar-refractivity contribution < 1.29 is 0 Å². The monoisotopic (exact) mass is 209 g/mol. The maximum Gasteiger partial charge on any atom is 0.0511 e. The molecule has 0 bridgehead atoms. The van der Waals surface area contributed by atoms with Crippen LogP contribution >= 0.6 is 0 Å². The molecule has 0 aliphatic heterocycles. The van der Waals surface area contributed by atoms with Gasteiger partial charge in [0.1, 0.15) is 0 Å². The van der Waals surface area contributed by atoms with Gasteiger partial charge in [0.25, 0.3) is 0 Å². The molecule has 0 aliphatic rings. The first-order valence-electron chi connectivity index (χ1n) is 4.99. The molecule has 0 amide bonds. The van der Waals surface area contributed by atoms with Gasteiger partial charge in [-0.25, -0.2) is 0 Å². The average molecular weight is 209 g/mol. The zero-order chi connectivity index (χ0) is 11.4. The van der Waals surface area contributed by atoms with E-state index in [9.17, 15) is 0 Å². The Labute approximate surface area is 93.7 Å². The standard InChI is InChI=1S/C13H11N3/c1-10(9-15-16-14)12-8-4-6-11-5-2-3-7-13(11)12/h2-8H,1,9H2. The lowest BCUT2D eigenvalue weighted by molar-refractivity contribution is 1.23. The van der Waals surface area contributed by atoms with Crippen LogP contribution in [0.15, 0.2) is 54.2 Å². The highest BCUT2D eigenvalue weighted by molar-refractivity contribution is 5.93. The van der Waals surface area contributed by atoms with Gasteiger partial charge in [-0.15, -0.1) is 0 Å². The van der Waals surface area contributed by atoms with E-state index in [1.807, 2.05) is 30.3 Å². The van der Waals surface area contributed by atoms with Crippen molar-refractivity contribution in [3.05, 3.63) is 65.0 Å². The molecule has 0 unspecified atom stereocenters. The maximum atomic E-state index is 8.29. The molecule has 16 heavy (non-hydrogen) atoms. The number of azide groups is 1. The Kier molecular flexibility index (Phi) is 2.90. The first-order valence-corrected chi connectivity index (χ1v) is 4.99. The molecule has 0 radical (unpaired) electrons. The third kappa shape index (κ3) is 1.90. The van der Waals surface area contributed by atoms with Gasteiger partial charge in [0.05, 0.1) is 6.54 Å². The largest absolute Gasteiger partial charge is 0.0951 e. The van der Waals surface area contributed by atoms with Crippen molar-refractivity contribution in [2.45, 2.75) is 0 Å². The lowest BCUT2D eigenvalue weighted by Crippen LogP contribution is -1.88. The summed E-state index contributed by atoms with van der Waals surface area (Å²) in [7, 11) is 0. The van der Waals surface area contributed by atoms with Gasteiger partial charge >= 0.3 is 0 Å². The van der Waals surface area contributed by atoms with E-state index in [2.05, 4.69) is 28.7 Å². The zero-order valence-electron chi connectivity index (χ0n) is 8.80. The van der Waals surface area contributed by atoms with Gasteiger partial charge in [0, 0.05) is 4.91 Å². The Morgan fingerprint density at radius 3 is 2.75 bits per heavy atom. The molecule has 2 rings (SSSR count). The predicted molar refractivity (Wildman–Crippen MR) is 67.0 cm³/mol. The van der Waals surface area contributed by atoms with Crippen LogP contribution in [-0.2, 0) is 0 Å². The summed E-state index contributed by atoms with van der Waals surface area (Å²) in [5.41, 5.74) is 10.2. The molecule has 0 N–H and O–H groups in total. The summed E-state index contributed by atoms with van der Waals surface area (Å²) in [6, 6.07) is 14.1. The fourth-order valence-electron chi connectivity index (χ4n) is 1.74. The van der Waals surface area contributed by atoms with Crippen molar-refractivity contribution in [1.82, 2.24) is 0 Å². The molecule has 2 aromatic rings. The Morgan fingerprint density at radius 2 is 1.94 bits per heavy atom. The van der Waals surface area contributed by atoms with Crippen LogP contribution in [0.2, 0.25) is 0 Å². The summed E-state index contributed by atoms with van der Waals surface area (Å²) in [6.07, 6.45) is 0. The fraction of sp³-hybridized carbons (Fsp3) is 0.0769. The van der Waals surface area contributed by atoms with Crippen molar-refractivity contribution in [2.75, 3.05) is 6.54 Å². The topological polar surface area (TPSA) is 48.8 Å². The lowest BCUT2D eigenvalue weighted by atomic mass is 9.99. The smallest absolute Gasteiger partial charge is 0.0511 e. The van der Waals surface area contributed by atoms with E-state index >= 15 is 0 Å². The van der Waals surface area contributed by atoms with Crippen LogP contribution in [0.5, 0.6) is 0 Å². The minimum Gasteiger partial charge on any atom is -0.0951 e. The second kappa shape index (κ2) is 4.51. The number of benzene rings is 2. The summed E-state index contributed by atoms with van der Waals surface area (Å²) in [5.74, 6) is 0. The van der Waals surface area contributed by atoms with Gasteiger partial charge in [-0.2, -0.15) is 0 Å². The summed E-state index contributed by atoms with van der Waals surface area (Å²) >= 11 is 0. The number of hydrogen-bond acceptors (Lipinski definition) is 1. The quantitative estimate of drug-likeness (QED) is 0.414. The first kappa shape index (κ1) is 10.3. The van der Waals surface area contributed by atoms with Crippen LogP contribution in [-0.4, -0.2) is 6.54 Å². The molecule has 78 valence electrons. The molecule has 0 spiro atoms. The minimum atomic E-state index is 0.310. The summed E-state index contributed by atoms with van der Waals surface area (Å²) in [4.78, 5) is 2.75. The minimum absolute atomic E-state index is 0.310. The second-order valence-electron chi connectivity index (χ2n) is 3.52. The molecular weight excluding hydrogens is 198 g/mol. The van der Waals surface area contributed by atoms with Crippen molar-refractivity contribution in [1.29, 1.82) is 0 Å². The van der Waals surface area contributed by atoms with Crippen LogP contribution in [0.4, 0.5) is 0 Å². The van der Waals surface area contributed by atoms with Crippen molar-refractivity contribution >= 4 is 16.3 Å². The van der Waals surface area contributed by atoms with Gasteiger partial charge in [-0.1, -0.05) is 54.2 Å². The molecule has 3 heteroatoms. The Bertz CT molecular complexity index is 575. The third-order valence-corrected chi connectivity index (χ3v) is 2.50. The molecule has 3 nitrogen and oxygen atoms in total. The molecule has 0 atom stereocenters. The molecule has 0 heterocycles. The van der Waals surface area contributed by atoms with E-state index in [0.717, 1.165) is 16.5 Å². The van der Waals surface area contributed by atoms with Gasteiger partial charge in [-0.3, -0.25) is 0 Å². The van der Waals surface area contributed by atoms with Gasteiger partial charge < -0.3 is 0 Å². The molecule has 0 aliphatic carbocycles. The van der Waals surface area contributed by atoms with E-state index in [1.165, 1.54) is 5.39 Å². The first-order chi connectivity index (χ1) is 7.83. The lowest BCUT2D eigenvalue weighted by Gasteiger charge is -2.07. The predicted octanol–water partition coefficient (Wildman–Crippen LogP) is 4.16. The average Bonchev–Trinajstić information content (AvgIpc) is 2.35. The van der Waals surface area contributed by atoms with Crippen molar-refractivity contribution in [2.24, 2.45) is 5.11 Å². The van der Waals surface area contributed by atoms with Gasteiger partial charge in [0.15, 0.2) is 0 Å². The Morgan fingerprint density at radius 1 is 1.19 bits per heavy atom. The third-order valence-electron chi connectivity index (χ3n) is 2.50. The van der Waals surface area contributed by atoms with E-state index in [0.29, 0.717) is 6.54 Å². The molecule has 2 aromatic carbocycles. The summed E-state index contributed by atoms with van der Waals surface area (Å²) in [6.45, 7) is 4.26. The molecule has 0 fully saturated rings. The van der Waals surface area contributed by atoms with Crippen LogP contribution in [0.3, 0.4) is 0 Å². The number of rotatable bonds is 3. The zero-order valence-corrected chi connectivity index (χ0v) is 8.80. The van der Waals surface area contributed by atoms with Gasteiger partial charge in [0.2, 0.25) is 0 Å². The number of nitrogens with zero attached hydrogens (tertiary/aromatic N) is 3. The normalized spacial score (nSPS) is 9.75.